The van der Waals surface area contributed by atoms with Crippen LogP contribution in [-0.4, -0.2) is 25.9 Å². The molecule has 1 aliphatic rings. The van der Waals surface area contributed by atoms with Gasteiger partial charge in [0, 0.05) is 30.3 Å². The summed E-state index contributed by atoms with van der Waals surface area (Å²) >= 11 is 1.44. The van der Waals surface area contributed by atoms with Crippen LogP contribution in [0.25, 0.3) is 5.57 Å². The monoisotopic (exact) mass is 403 g/mol. The number of amides is 2. The molecule has 2 amide bonds. The van der Waals surface area contributed by atoms with Crippen LogP contribution in [0.5, 0.6) is 0 Å². The van der Waals surface area contributed by atoms with Crippen LogP contribution in [-0.2, 0) is 9.59 Å². The summed E-state index contributed by atoms with van der Waals surface area (Å²) in [5, 5.41) is 5.13. The minimum Gasteiger partial charge on any atom is -0.378 e. The molecule has 0 aliphatic carbocycles. The van der Waals surface area contributed by atoms with Crippen LogP contribution in [0, 0.1) is 6.92 Å². The Kier molecular flexibility index (Phi) is 4.94. The van der Waals surface area contributed by atoms with Crippen molar-refractivity contribution >= 4 is 45.8 Å². The highest BCUT2D eigenvalue weighted by Crippen LogP contribution is 2.36. The molecule has 1 aliphatic heterocycles. The molecule has 1 N–H and O–H groups in total. The number of thiophene rings is 1. The normalized spacial score (nSPS) is 14.0. The minimum atomic E-state index is -0.348. The summed E-state index contributed by atoms with van der Waals surface area (Å²) in [5.41, 5.74) is 4.08. The average Bonchev–Trinajstić information content (AvgIpc) is 3.31. The van der Waals surface area contributed by atoms with Gasteiger partial charge in [-0.05, 0) is 54.3 Å². The molecule has 0 bridgehead atoms. The number of carbonyl (C=O) groups excluding carboxylic acids is 2. The number of carbonyl (C=O) groups is 2. The molecule has 146 valence electrons. The van der Waals surface area contributed by atoms with E-state index >= 15 is 0 Å². The molecule has 5 nitrogen and oxygen atoms in total. The zero-order valence-electron chi connectivity index (χ0n) is 16.5. The van der Waals surface area contributed by atoms with Crippen LogP contribution in [0.2, 0.25) is 0 Å². The fourth-order valence-electron chi connectivity index (χ4n) is 3.28. The van der Waals surface area contributed by atoms with Crippen molar-refractivity contribution in [3.8, 4) is 0 Å². The van der Waals surface area contributed by atoms with E-state index in [1.807, 2.05) is 79.8 Å². The molecule has 2 heterocycles. The van der Waals surface area contributed by atoms with Crippen molar-refractivity contribution in [2.24, 2.45) is 0 Å². The Bertz CT molecular complexity index is 1100. The molecule has 0 atom stereocenters. The molecule has 0 saturated carbocycles. The zero-order valence-corrected chi connectivity index (χ0v) is 17.3. The lowest BCUT2D eigenvalue weighted by atomic mass is 10.1. The Balaban J connectivity index is 1.77. The maximum Gasteiger partial charge on any atom is 0.282 e. The molecule has 6 heteroatoms. The highest BCUT2D eigenvalue weighted by molar-refractivity contribution is 7.11. The third kappa shape index (κ3) is 3.43. The Morgan fingerprint density at radius 3 is 2.24 bits per heavy atom. The molecule has 2 aromatic carbocycles. The highest BCUT2D eigenvalue weighted by Gasteiger charge is 2.40. The van der Waals surface area contributed by atoms with E-state index in [2.05, 4.69) is 5.32 Å². The van der Waals surface area contributed by atoms with Gasteiger partial charge in [0.25, 0.3) is 11.8 Å². The predicted molar refractivity (Wildman–Crippen MR) is 119 cm³/mol. The Hall–Kier alpha value is -3.38. The number of nitrogens with zero attached hydrogens (tertiary/aromatic N) is 2. The molecular formula is C23H21N3O2S. The summed E-state index contributed by atoms with van der Waals surface area (Å²) in [4.78, 5) is 30.6. The van der Waals surface area contributed by atoms with Gasteiger partial charge in [-0.25, -0.2) is 4.90 Å². The molecule has 3 aromatic rings. The molecular weight excluding hydrogens is 382 g/mol. The van der Waals surface area contributed by atoms with Crippen molar-refractivity contribution in [2.75, 3.05) is 29.2 Å². The topological polar surface area (TPSA) is 52.7 Å². The maximum absolute atomic E-state index is 13.3. The van der Waals surface area contributed by atoms with Crippen molar-refractivity contribution in [3.63, 3.8) is 0 Å². The fourth-order valence-corrected chi connectivity index (χ4v) is 4.05. The first-order chi connectivity index (χ1) is 14.0. The number of para-hydroxylation sites is 1. The number of hydrogen-bond donors (Lipinski definition) is 1. The van der Waals surface area contributed by atoms with Crippen molar-refractivity contribution < 1.29 is 9.59 Å². The second-order valence-electron chi connectivity index (χ2n) is 7.02. The molecule has 0 radical (unpaired) electrons. The second-order valence-corrected chi connectivity index (χ2v) is 7.97. The van der Waals surface area contributed by atoms with Gasteiger partial charge in [-0.3, -0.25) is 9.59 Å². The van der Waals surface area contributed by atoms with Crippen LogP contribution in [0.15, 0.2) is 71.7 Å². The lowest BCUT2D eigenvalue weighted by molar-refractivity contribution is -0.120. The Morgan fingerprint density at radius 1 is 0.897 bits per heavy atom. The van der Waals surface area contributed by atoms with Crippen molar-refractivity contribution in [2.45, 2.75) is 6.92 Å². The number of aryl methyl sites for hydroxylation is 1. The van der Waals surface area contributed by atoms with Crippen LogP contribution >= 0.6 is 11.3 Å². The van der Waals surface area contributed by atoms with Gasteiger partial charge in [0.2, 0.25) is 0 Å². The van der Waals surface area contributed by atoms with Gasteiger partial charge < -0.3 is 10.2 Å². The quantitative estimate of drug-likeness (QED) is 0.637. The fraction of sp³-hybridized carbons (Fsp3) is 0.130. The van der Waals surface area contributed by atoms with E-state index in [9.17, 15) is 9.59 Å². The lowest BCUT2D eigenvalue weighted by Gasteiger charge is -2.18. The SMILES string of the molecule is Cc1ccccc1NC1=C(c2cccs2)C(=O)N(c2ccc(N(C)C)cc2)C1=O. The minimum absolute atomic E-state index is 0.309. The summed E-state index contributed by atoms with van der Waals surface area (Å²) in [5.74, 6) is -0.662. The van der Waals surface area contributed by atoms with Gasteiger partial charge in [-0.2, -0.15) is 0 Å². The van der Waals surface area contributed by atoms with Gasteiger partial charge in [0.15, 0.2) is 0 Å². The van der Waals surface area contributed by atoms with Crippen LogP contribution in [0.3, 0.4) is 0 Å². The standard InChI is InChI=1S/C23H21N3O2S/c1-15-7-4-5-8-18(15)24-21-20(19-9-6-14-29-19)22(27)26(23(21)28)17-12-10-16(11-13-17)25(2)3/h4-14,24H,1-3H3. The molecule has 0 fully saturated rings. The first kappa shape index (κ1) is 19.0. The van der Waals surface area contributed by atoms with Crippen molar-refractivity contribution in [1.29, 1.82) is 0 Å². The van der Waals surface area contributed by atoms with Crippen molar-refractivity contribution in [3.05, 3.63) is 82.2 Å². The molecule has 29 heavy (non-hydrogen) atoms. The number of rotatable bonds is 5. The first-order valence-electron chi connectivity index (χ1n) is 9.24. The molecule has 1 aromatic heterocycles. The summed E-state index contributed by atoms with van der Waals surface area (Å²) < 4.78 is 0. The summed E-state index contributed by atoms with van der Waals surface area (Å²) in [6, 6.07) is 18.8. The third-order valence-electron chi connectivity index (χ3n) is 4.88. The van der Waals surface area contributed by atoms with Gasteiger partial charge in [-0.1, -0.05) is 24.3 Å². The van der Waals surface area contributed by atoms with Crippen LogP contribution < -0.4 is 15.1 Å². The van der Waals surface area contributed by atoms with E-state index in [1.165, 1.54) is 16.2 Å². The zero-order chi connectivity index (χ0) is 20.5. The van der Waals surface area contributed by atoms with Gasteiger partial charge in [0.1, 0.15) is 5.70 Å². The first-order valence-corrected chi connectivity index (χ1v) is 10.1. The van der Waals surface area contributed by atoms with E-state index < -0.39 is 0 Å². The summed E-state index contributed by atoms with van der Waals surface area (Å²) in [7, 11) is 3.89. The van der Waals surface area contributed by atoms with Gasteiger partial charge in [-0.15, -0.1) is 11.3 Å². The summed E-state index contributed by atoms with van der Waals surface area (Å²) in [6.07, 6.45) is 0. The average molecular weight is 404 g/mol. The van der Waals surface area contributed by atoms with E-state index in [4.69, 9.17) is 0 Å². The second kappa shape index (κ2) is 7.56. The van der Waals surface area contributed by atoms with Gasteiger partial charge >= 0.3 is 0 Å². The number of hydrogen-bond acceptors (Lipinski definition) is 5. The highest BCUT2D eigenvalue weighted by atomic mass is 32.1. The predicted octanol–water partition coefficient (Wildman–Crippen LogP) is 4.52. The molecule has 0 saturated heterocycles. The Labute approximate surface area is 173 Å². The van der Waals surface area contributed by atoms with Crippen molar-refractivity contribution in [1.82, 2.24) is 0 Å². The van der Waals surface area contributed by atoms with E-state index in [1.54, 1.807) is 12.1 Å². The molecule has 4 rings (SSSR count). The number of imide groups is 1. The summed E-state index contributed by atoms with van der Waals surface area (Å²) in [6.45, 7) is 1.96. The third-order valence-corrected chi connectivity index (χ3v) is 5.77. The van der Waals surface area contributed by atoms with E-state index in [-0.39, 0.29) is 11.8 Å². The molecule has 0 unspecified atom stereocenters. The van der Waals surface area contributed by atoms with E-state index in [0.29, 0.717) is 17.0 Å². The maximum atomic E-state index is 13.3. The molecule has 0 spiro atoms. The van der Waals surface area contributed by atoms with Crippen LogP contribution in [0.4, 0.5) is 17.1 Å². The number of benzene rings is 2. The van der Waals surface area contributed by atoms with Crippen LogP contribution in [0.1, 0.15) is 10.4 Å². The number of anilines is 3. The smallest absolute Gasteiger partial charge is 0.282 e. The largest absolute Gasteiger partial charge is 0.378 e. The lowest BCUT2D eigenvalue weighted by Crippen LogP contribution is -2.32. The van der Waals surface area contributed by atoms with E-state index in [0.717, 1.165) is 21.8 Å². The van der Waals surface area contributed by atoms with Gasteiger partial charge in [0.05, 0.1) is 11.3 Å². The number of nitrogens with one attached hydrogen (secondary N) is 1. The Morgan fingerprint density at radius 2 is 1.62 bits per heavy atom.